The van der Waals surface area contributed by atoms with Crippen molar-refractivity contribution in [3.8, 4) is 17.6 Å². The standard InChI is InChI=1S/C21H25ClN2O3/c1-4-27-20-12-18(11-19(22)21(20)26-3)15-24(9-10-25-2)14-17-7-5-16(13-23)6-8-17/h5-8,11-12H,4,9-10,14-15H2,1-3H3. The van der Waals surface area contributed by atoms with Gasteiger partial charge in [0.2, 0.25) is 0 Å². The molecular formula is C21H25ClN2O3. The number of nitriles is 1. The van der Waals surface area contributed by atoms with Crippen LogP contribution in [-0.2, 0) is 17.8 Å². The molecule has 2 aromatic rings. The Morgan fingerprint density at radius 2 is 1.78 bits per heavy atom. The quantitative estimate of drug-likeness (QED) is 0.608. The largest absolute Gasteiger partial charge is 0.491 e. The van der Waals surface area contributed by atoms with Crippen LogP contribution in [0, 0.1) is 11.3 Å². The average Bonchev–Trinajstić information content (AvgIpc) is 2.67. The van der Waals surface area contributed by atoms with Gasteiger partial charge in [0.15, 0.2) is 11.5 Å². The molecule has 0 saturated heterocycles. The highest BCUT2D eigenvalue weighted by Gasteiger charge is 2.14. The maximum Gasteiger partial charge on any atom is 0.179 e. The maximum absolute atomic E-state index is 8.95. The van der Waals surface area contributed by atoms with Gasteiger partial charge in [-0.2, -0.15) is 5.26 Å². The Labute approximate surface area is 166 Å². The first kappa shape index (κ1) is 21.0. The van der Waals surface area contributed by atoms with Gasteiger partial charge in [-0.05, 0) is 42.3 Å². The van der Waals surface area contributed by atoms with Gasteiger partial charge >= 0.3 is 0 Å². The summed E-state index contributed by atoms with van der Waals surface area (Å²) in [5, 5.41) is 9.48. The summed E-state index contributed by atoms with van der Waals surface area (Å²) < 4.78 is 16.3. The Morgan fingerprint density at radius 3 is 2.37 bits per heavy atom. The van der Waals surface area contributed by atoms with Gasteiger partial charge in [0.25, 0.3) is 0 Å². The lowest BCUT2D eigenvalue weighted by atomic mass is 10.1. The van der Waals surface area contributed by atoms with E-state index in [2.05, 4.69) is 11.0 Å². The molecule has 0 aliphatic rings. The molecule has 0 atom stereocenters. The van der Waals surface area contributed by atoms with Gasteiger partial charge < -0.3 is 14.2 Å². The molecule has 0 aliphatic heterocycles. The van der Waals surface area contributed by atoms with Crippen LogP contribution >= 0.6 is 11.6 Å². The zero-order valence-corrected chi connectivity index (χ0v) is 16.8. The molecule has 0 amide bonds. The Hall–Kier alpha value is -2.26. The van der Waals surface area contributed by atoms with Gasteiger partial charge in [-0.25, -0.2) is 0 Å². The molecule has 0 unspecified atom stereocenters. The van der Waals surface area contributed by atoms with Crippen LogP contribution in [0.15, 0.2) is 36.4 Å². The molecule has 6 heteroatoms. The molecule has 0 aromatic heterocycles. The van der Waals surface area contributed by atoms with Crippen molar-refractivity contribution in [2.75, 3.05) is 34.0 Å². The summed E-state index contributed by atoms with van der Waals surface area (Å²) in [6.07, 6.45) is 0. The molecule has 2 aromatic carbocycles. The van der Waals surface area contributed by atoms with Crippen molar-refractivity contribution in [2.24, 2.45) is 0 Å². The van der Waals surface area contributed by atoms with E-state index in [1.54, 1.807) is 14.2 Å². The van der Waals surface area contributed by atoms with Crippen LogP contribution < -0.4 is 9.47 Å². The third-order valence-corrected chi connectivity index (χ3v) is 4.36. The zero-order chi connectivity index (χ0) is 19.6. The Morgan fingerprint density at radius 1 is 1.07 bits per heavy atom. The van der Waals surface area contributed by atoms with Crippen LogP contribution in [0.2, 0.25) is 5.02 Å². The Balaban J connectivity index is 2.20. The fourth-order valence-electron chi connectivity index (χ4n) is 2.81. The lowest BCUT2D eigenvalue weighted by Crippen LogP contribution is -2.26. The van der Waals surface area contributed by atoms with Crippen LogP contribution in [0.1, 0.15) is 23.6 Å². The first-order chi connectivity index (χ1) is 13.1. The molecule has 144 valence electrons. The van der Waals surface area contributed by atoms with Crippen LogP contribution in [0.4, 0.5) is 0 Å². The summed E-state index contributed by atoms with van der Waals surface area (Å²) in [6, 6.07) is 13.6. The van der Waals surface area contributed by atoms with Crippen molar-refractivity contribution >= 4 is 11.6 Å². The summed E-state index contributed by atoms with van der Waals surface area (Å²) in [5.41, 5.74) is 2.83. The summed E-state index contributed by atoms with van der Waals surface area (Å²) in [7, 11) is 3.27. The molecule has 27 heavy (non-hydrogen) atoms. The van der Waals surface area contributed by atoms with Crippen molar-refractivity contribution in [1.29, 1.82) is 5.26 Å². The summed E-state index contributed by atoms with van der Waals surface area (Å²) in [6.45, 7) is 5.28. The molecule has 0 radical (unpaired) electrons. The Bertz CT molecular complexity index is 772. The molecule has 0 fully saturated rings. The number of hydrogen-bond donors (Lipinski definition) is 0. The second-order valence-electron chi connectivity index (χ2n) is 6.05. The predicted molar refractivity (Wildman–Crippen MR) is 106 cm³/mol. The second-order valence-corrected chi connectivity index (χ2v) is 6.46. The van der Waals surface area contributed by atoms with Crippen LogP contribution in [0.5, 0.6) is 11.5 Å². The minimum absolute atomic E-state index is 0.531. The van der Waals surface area contributed by atoms with Gasteiger partial charge in [0.05, 0.1) is 37.0 Å². The lowest BCUT2D eigenvalue weighted by Gasteiger charge is -2.23. The van der Waals surface area contributed by atoms with Gasteiger partial charge in [-0.1, -0.05) is 23.7 Å². The first-order valence-corrected chi connectivity index (χ1v) is 9.18. The van der Waals surface area contributed by atoms with E-state index in [1.165, 1.54) is 0 Å². The predicted octanol–water partition coefficient (Wildman–Crippen LogP) is 4.27. The molecule has 0 heterocycles. The maximum atomic E-state index is 8.95. The van der Waals surface area contributed by atoms with Gasteiger partial charge in [0, 0.05) is 26.7 Å². The second kappa shape index (κ2) is 10.8. The molecular weight excluding hydrogens is 364 g/mol. The van der Waals surface area contributed by atoms with Crippen molar-refractivity contribution in [2.45, 2.75) is 20.0 Å². The van der Waals surface area contributed by atoms with Crippen LogP contribution in [-0.4, -0.2) is 38.9 Å². The third-order valence-electron chi connectivity index (χ3n) is 4.08. The minimum atomic E-state index is 0.531. The van der Waals surface area contributed by atoms with Crippen LogP contribution in [0.3, 0.4) is 0 Å². The number of halogens is 1. The van der Waals surface area contributed by atoms with E-state index in [0.717, 1.165) is 24.2 Å². The summed E-state index contributed by atoms with van der Waals surface area (Å²) in [5.74, 6) is 1.20. The monoisotopic (exact) mass is 388 g/mol. The van der Waals surface area contributed by atoms with Crippen molar-refractivity contribution in [3.05, 3.63) is 58.1 Å². The SMILES string of the molecule is CCOc1cc(CN(CCOC)Cc2ccc(C#N)cc2)cc(Cl)c1OC. The van der Waals surface area contributed by atoms with E-state index < -0.39 is 0 Å². The number of benzene rings is 2. The van der Waals surface area contributed by atoms with E-state index >= 15 is 0 Å². The van der Waals surface area contributed by atoms with E-state index in [-0.39, 0.29) is 0 Å². The number of ether oxygens (including phenoxy) is 3. The smallest absolute Gasteiger partial charge is 0.179 e. The van der Waals surface area contributed by atoms with Crippen LogP contribution in [0.25, 0.3) is 0 Å². The van der Waals surface area contributed by atoms with Gasteiger partial charge in [-0.3, -0.25) is 4.90 Å². The number of methoxy groups -OCH3 is 2. The van der Waals surface area contributed by atoms with Crippen molar-refractivity contribution in [1.82, 2.24) is 4.90 Å². The molecule has 0 bridgehead atoms. The lowest BCUT2D eigenvalue weighted by molar-refractivity contribution is 0.140. The first-order valence-electron chi connectivity index (χ1n) is 8.80. The fourth-order valence-corrected chi connectivity index (χ4v) is 3.12. The highest BCUT2D eigenvalue weighted by Crippen LogP contribution is 2.36. The molecule has 0 saturated carbocycles. The van der Waals surface area contributed by atoms with E-state index in [4.69, 9.17) is 31.1 Å². The van der Waals surface area contributed by atoms with Gasteiger partial charge in [0.1, 0.15) is 0 Å². The average molecular weight is 389 g/mol. The highest BCUT2D eigenvalue weighted by atomic mass is 35.5. The fraction of sp³-hybridized carbons (Fsp3) is 0.381. The number of rotatable bonds is 10. The normalized spacial score (nSPS) is 10.7. The van der Waals surface area contributed by atoms with E-state index in [0.29, 0.717) is 41.8 Å². The number of nitrogens with zero attached hydrogens (tertiary/aromatic N) is 2. The topological polar surface area (TPSA) is 54.7 Å². The Kier molecular flexibility index (Phi) is 8.41. The molecule has 0 aliphatic carbocycles. The number of hydrogen-bond acceptors (Lipinski definition) is 5. The summed E-state index contributed by atoms with van der Waals surface area (Å²) in [4.78, 5) is 2.26. The third kappa shape index (κ3) is 6.14. The van der Waals surface area contributed by atoms with Crippen molar-refractivity contribution < 1.29 is 14.2 Å². The minimum Gasteiger partial charge on any atom is -0.491 e. The summed E-state index contributed by atoms with van der Waals surface area (Å²) >= 11 is 6.37. The van der Waals surface area contributed by atoms with E-state index in [1.807, 2.05) is 43.3 Å². The van der Waals surface area contributed by atoms with Crippen molar-refractivity contribution in [3.63, 3.8) is 0 Å². The van der Waals surface area contributed by atoms with Gasteiger partial charge in [-0.15, -0.1) is 0 Å². The highest BCUT2D eigenvalue weighted by molar-refractivity contribution is 6.32. The molecule has 5 nitrogen and oxygen atoms in total. The van der Waals surface area contributed by atoms with E-state index in [9.17, 15) is 0 Å². The zero-order valence-electron chi connectivity index (χ0n) is 16.0. The molecule has 0 N–H and O–H groups in total. The molecule has 2 rings (SSSR count). The molecule has 0 spiro atoms.